The van der Waals surface area contributed by atoms with E-state index in [4.69, 9.17) is 10.5 Å². The largest absolute Gasteiger partial charge is 0.381 e. The number of carbonyl (C=O) groups excluding carboxylic acids is 2. The summed E-state index contributed by atoms with van der Waals surface area (Å²) in [6, 6.07) is 0. The lowest BCUT2D eigenvalue weighted by Gasteiger charge is -2.37. The zero-order valence-corrected chi connectivity index (χ0v) is 13.8. The number of ether oxygens (including phenoxy) is 1. The summed E-state index contributed by atoms with van der Waals surface area (Å²) in [5, 5.41) is 3.04. The lowest BCUT2D eigenvalue weighted by atomic mass is 9.78. The molecule has 0 aromatic heterocycles. The molecule has 2 amide bonds. The van der Waals surface area contributed by atoms with Crippen LogP contribution in [0.5, 0.6) is 0 Å². The van der Waals surface area contributed by atoms with Gasteiger partial charge in [0.05, 0.1) is 10.8 Å². The molecule has 0 spiro atoms. The molecule has 1 aliphatic heterocycles. The van der Waals surface area contributed by atoms with E-state index >= 15 is 0 Å². The minimum Gasteiger partial charge on any atom is -0.381 e. The standard InChI is InChI=1S/C16H29N3O3/c1-19(2)14(21)16(5-3-4-6-16)12-18-13(20)15(11-17)7-9-22-10-8-15/h3-12,17H2,1-2H3,(H,18,20). The summed E-state index contributed by atoms with van der Waals surface area (Å²) in [5.41, 5.74) is 4.91. The van der Waals surface area contributed by atoms with Crippen LogP contribution in [0, 0.1) is 10.8 Å². The Labute approximate surface area is 132 Å². The van der Waals surface area contributed by atoms with Crippen LogP contribution in [0.15, 0.2) is 0 Å². The van der Waals surface area contributed by atoms with E-state index in [1.54, 1.807) is 19.0 Å². The van der Waals surface area contributed by atoms with E-state index in [9.17, 15) is 9.59 Å². The normalized spacial score (nSPS) is 23.0. The Bertz CT molecular complexity index is 411. The summed E-state index contributed by atoms with van der Waals surface area (Å²) in [7, 11) is 3.56. The van der Waals surface area contributed by atoms with Gasteiger partial charge in [-0.3, -0.25) is 9.59 Å². The van der Waals surface area contributed by atoms with Gasteiger partial charge >= 0.3 is 0 Å². The number of hydrogen-bond donors (Lipinski definition) is 2. The van der Waals surface area contributed by atoms with Crippen molar-refractivity contribution in [3.05, 3.63) is 0 Å². The summed E-state index contributed by atoms with van der Waals surface area (Å²) in [6.45, 7) is 1.90. The van der Waals surface area contributed by atoms with Crippen molar-refractivity contribution >= 4 is 11.8 Å². The molecule has 1 saturated heterocycles. The molecule has 1 aliphatic carbocycles. The molecule has 0 unspecified atom stereocenters. The molecule has 2 rings (SSSR count). The van der Waals surface area contributed by atoms with Crippen LogP contribution in [0.3, 0.4) is 0 Å². The summed E-state index contributed by atoms with van der Waals surface area (Å²) in [6.07, 6.45) is 5.11. The quantitative estimate of drug-likeness (QED) is 0.774. The first-order chi connectivity index (χ1) is 10.5. The highest BCUT2D eigenvalue weighted by Crippen LogP contribution is 2.39. The second-order valence-electron chi connectivity index (χ2n) is 6.97. The molecule has 126 valence electrons. The van der Waals surface area contributed by atoms with Crippen LogP contribution < -0.4 is 11.1 Å². The molecule has 22 heavy (non-hydrogen) atoms. The number of hydrogen-bond acceptors (Lipinski definition) is 4. The Morgan fingerprint density at radius 3 is 2.18 bits per heavy atom. The average molecular weight is 311 g/mol. The van der Waals surface area contributed by atoms with Crippen molar-refractivity contribution < 1.29 is 14.3 Å². The zero-order valence-electron chi connectivity index (χ0n) is 13.8. The summed E-state index contributed by atoms with van der Waals surface area (Å²) in [4.78, 5) is 26.8. The molecule has 0 radical (unpaired) electrons. The van der Waals surface area contributed by atoms with Crippen LogP contribution in [-0.2, 0) is 14.3 Å². The van der Waals surface area contributed by atoms with Crippen molar-refractivity contribution in [1.29, 1.82) is 0 Å². The molecule has 0 bridgehead atoms. The van der Waals surface area contributed by atoms with Crippen LogP contribution in [0.2, 0.25) is 0 Å². The van der Waals surface area contributed by atoms with Gasteiger partial charge in [0.25, 0.3) is 0 Å². The van der Waals surface area contributed by atoms with Crippen molar-refractivity contribution in [2.75, 3.05) is 40.4 Å². The maximum atomic E-state index is 12.7. The third-order valence-corrected chi connectivity index (χ3v) is 5.33. The topological polar surface area (TPSA) is 84.7 Å². The van der Waals surface area contributed by atoms with Crippen molar-refractivity contribution in [3.63, 3.8) is 0 Å². The lowest BCUT2D eigenvalue weighted by molar-refractivity contribution is -0.141. The number of rotatable bonds is 5. The van der Waals surface area contributed by atoms with Gasteiger partial charge in [-0.25, -0.2) is 0 Å². The number of nitrogens with one attached hydrogen (secondary N) is 1. The second kappa shape index (κ2) is 6.96. The molecular weight excluding hydrogens is 282 g/mol. The van der Waals surface area contributed by atoms with Gasteiger partial charge in [0.1, 0.15) is 0 Å². The monoisotopic (exact) mass is 311 g/mol. The number of carbonyl (C=O) groups is 2. The molecule has 1 heterocycles. The minimum atomic E-state index is -0.529. The van der Waals surface area contributed by atoms with Gasteiger partial charge in [-0.2, -0.15) is 0 Å². The molecule has 2 fully saturated rings. The maximum Gasteiger partial charge on any atom is 0.230 e. The van der Waals surface area contributed by atoms with Crippen LogP contribution >= 0.6 is 0 Å². The number of nitrogens with zero attached hydrogens (tertiary/aromatic N) is 1. The van der Waals surface area contributed by atoms with Crippen molar-refractivity contribution in [2.45, 2.75) is 38.5 Å². The average Bonchev–Trinajstić information content (AvgIpc) is 3.02. The SMILES string of the molecule is CN(C)C(=O)C1(CNC(=O)C2(CN)CCOCC2)CCCC1. The highest BCUT2D eigenvalue weighted by Gasteiger charge is 2.44. The third kappa shape index (κ3) is 3.27. The fraction of sp³-hybridized carbons (Fsp3) is 0.875. The minimum absolute atomic E-state index is 0.0175. The van der Waals surface area contributed by atoms with Crippen LogP contribution in [0.4, 0.5) is 0 Å². The first-order valence-corrected chi connectivity index (χ1v) is 8.24. The maximum absolute atomic E-state index is 12.7. The summed E-state index contributed by atoms with van der Waals surface area (Å²) >= 11 is 0. The Kier molecular flexibility index (Phi) is 5.45. The molecule has 2 aliphatic rings. The van der Waals surface area contributed by atoms with E-state index < -0.39 is 10.8 Å². The molecule has 0 aromatic carbocycles. The molecule has 0 aromatic rings. The molecule has 0 atom stereocenters. The van der Waals surface area contributed by atoms with E-state index in [0.29, 0.717) is 39.1 Å². The Balaban J connectivity index is 2.03. The fourth-order valence-corrected chi connectivity index (χ4v) is 3.72. The predicted octanol–water partition coefficient (Wildman–Crippen LogP) is 0.507. The van der Waals surface area contributed by atoms with Crippen LogP contribution in [0.25, 0.3) is 0 Å². The Morgan fingerprint density at radius 1 is 1.09 bits per heavy atom. The van der Waals surface area contributed by atoms with Gasteiger partial charge in [-0.05, 0) is 25.7 Å². The molecule has 3 N–H and O–H groups in total. The predicted molar refractivity (Wildman–Crippen MR) is 84.1 cm³/mol. The van der Waals surface area contributed by atoms with Crippen molar-refractivity contribution in [1.82, 2.24) is 10.2 Å². The summed E-state index contributed by atoms with van der Waals surface area (Å²) < 4.78 is 5.35. The first-order valence-electron chi connectivity index (χ1n) is 8.24. The Morgan fingerprint density at radius 2 is 1.68 bits per heavy atom. The molecular formula is C16H29N3O3. The fourth-order valence-electron chi connectivity index (χ4n) is 3.72. The van der Waals surface area contributed by atoms with Crippen molar-refractivity contribution in [2.24, 2.45) is 16.6 Å². The van der Waals surface area contributed by atoms with Gasteiger partial charge in [-0.1, -0.05) is 12.8 Å². The van der Waals surface area contributed by atoms with E-state index in [-0.39, 0.29) is 11.8 Å². The highest BCUT2D eigenvalue weighted by molar-refractivity contribution is 5.86. The summed E-state index contributed by atoms with van der Waals surface area (Å²) in [5.74, 6) is 0.107. The zero-order chi connectivity index (χ0) is 16.2. The van der Waals surface area contributed by atoms with E-state index in [0.717, 1.165) is 25.7 Å². The number of nitrogens with two attached hydrogens (primary N) is 1. The second-order valence-corrected chi connectivity index (χ2v) is 6.97. The van der Waals surface area contributed by atoms with E-state index in [1.807, 2.05) is 0 Å². The van der Waals surface area contributed by atoms with Gasteiger partial charge < -0.3 is 20.7 Å². The lowest BCUT2D eigenvalue weighted by Crippen LogP contribution is -2.53. The molecule has 1 saturated carbocycles. The van der Waals surface area contributed by atoms with E-state index in [2.05, 4.69) is 5.32 Å². The van der Waals surface area contributed by atoms with Crippen molar-refractivity contribution in [3.8, 4) is 0 Å². The van der Waals surface area contributed by atoms with Crippen LogP contribution in [0.1, 0.15) is 38.5 Å². The highest BCUT2D eigenvalue weighted by atomic mass is 16.5. The van der Waals surface area contributed by atoms with Gasteiger partial charge in [0.15, 0.2) is 0 Å². The van der Waals surface area contributed by atoms with Crippen LogP contribution in [-0.4, -0.2) is 57.1 Å². The molecule has 6 nitrogen and oxygen atoms in total. The third-order valence-electron chi connectivity index (χ3n) is 5.33. The first kappa shape index (κ1) is 17.2. The van der Waals surface area contributed by atoms with Gasteiger partial charge in [-0.15, -0.1) is 0 Å². The molecule has 6 heteroatoms. The van der Waals surface area contributed by atoms with Gasteiger partial charge in [0, 0.05) is 40.4 Å². The number of amides is 2. The van der Waals surface area contributed by atoms with E-state index in [1.165, 1.54) is 0 Å². The van der Waals surface area contributed by atoms with Gasteiger partial charge in [0.2, 0.25) is 11.8 Å². The smallest absolute Gasteiger partial charge is 0.230 e. The Hall–Kier alpha value is -1.14.